The highest BCUT2D eigenvalue weighted by Crippen LogP contribution is 2.32. The van der Waals surface area contributed by atoms with Crippen LogP contribution in [0.15, 0.2) is 70.3 Å². The van der Waals surface area contributed by atoms with Gasteiger partial charge in [-0.3, -0.25) is 14.4 Å². The highest BCUT2D eigenvalue weighted by atomic mass is 16.5. The summed E-state index contributed by atoms with van der Waals surface area (Å²) in [5, 5.41) is 3.34. The number of nitrogens with one attached hydrogen (secondary N) is 1. The Labute approximate surface area is 181 Å². The van der Waals surface area contributed by atoms with E-state index in [0.29, 0.717) is 43.9 Å². The maximum Gasteiger partial charge on any atom is 0.309 e. The zero-order chi connectivity index (χ0) is 21.8. The van der Waals surface area contributed by atoms with Crippen molar-refractivity contribution in [3.63, 3.8) is 0 Å². The van der Waals surface area contributed by atoms with E-state index in [-0.39, 0.29) is 17.9 Å². The Kier molecular flexibility index (Phi) is 6.16. The number of nitrogens with zero attached hydrogens (tertiary/aromatic N) is 1. The average molecular weight is 418 g/mol. The van der Waals surface area contributed by atoms with Crippen molar-refractivity contribution in [3.8, 4) is 0 Å². The second-order valence-corrected chi connectivity index (χ2v) is 7.79. The highest BCUT2D eigenvalue weighted by molar-refractivity contribution is 5.77. The molecule has 0 radical (unpaired) electrons. The summed E-state index contributed by atoms with van der Waals surface area (Å²) in [4.78, 5) is 38.9. The molecule has 1 saturated heterocycles. The Morgan fingerprint density at radius 2 is 1.52 bits per heavy atom. The van der Waals surface area contributed by atoms with Crippen LogP contribution in [-0.2, 0) is 9.53 Å². The first-order valence-electron chi connectivity index (χ1n) is 10.7. The quantitative estimate of drug-likeness (QED) is 0.469. The molecule has 3 aromatic rings. The molecule has 1 fully saturated rings. The van der Waals surface area contributed by atoms with E-state index < -0.39 is 10.9 Å². The smallest absolute Gasteiger partial charge is 0.309 e. The van der Waals surface area contributed by atoms with E-state index >= 15 is 0 Å². The third-order valence-corrected chi connectivity index (χ3v) is 5.87. The summed E-state index contributed by atoms with van der Waals surface area (Å²) in [5.74, 6) is -0.334. The van der Waals surface area contributed by atoms with Crippen LogP contribution in [0.5, 0.6) is 0 Å². The molecular weight excluding hydrogens is 392 g/mol. The van der Waals surface area contributed by atoms with Crippen molar-refractivity contribution in [1.82, 2.24) is 0 Å². The van der Waals surface area contributed by atoms with Gasteiger partial charge in [-0.05, 0) is 30.9 Å². The molecule has 0 bridgehead atoms. The van der Waals surface area contributed by atoms with Crippen molar-refractivity contribution in [3.05, 3.63) is 92.2 Å². The second-order valence-electron chi connectivity index (χ2n) is 7.79. The lowest BCUT2D eigenvalue weighted by Gasteiger charge is -2.34. The number of rotatable bonds is 7. The van der Waals surface area contributed by atoms with Gasteiger partial charge >= 0.3 is 5.97 Å². The van der Waals surface area contributed by atoms with Crippen LogP contribution in [0.3, 0.4) is 0 Å². The van der Waals surface area contributed by atoms with E-state index in [1.165, 1.54) is 0 Å². The van der Waals surface area contributed by atoms with Gasteiger partial charge in [0.2, 0.25) is 0 Å². The Morgan fingerprint density at radius 3 is 2.03 bits per heavy atom. The van der Waals surface area contributed by atoms with Crippen molar-refractivity contribution < 1.29 is 9.53 Å². The van der Waals surface area contributed by atoms with Crippen LogP contribution >= 0.6 is 0 Å². The lowest BCUT2D eigenvalue weighted by molar-refractivity contribution is -0.148. The lowest BCUT2D eigenvalue weighted by Crippen LogP contribution is -2.46. The number of hydrogen-bond acceptors (Lipinski definition) is 6. The molecule has 6 heteroatoms. The standard InChI is InChI=1S/C25H26N2O4/c1-2-31-25(30)19-13-15-27(16-14-19)22-21(23(28)24(22)29)26-20(17-9-5-3-6-10-17)18-11-7-4-8-12-18/h3-12,19-20,26H,2,13-16H2,1H3. The van der Waals surface area contributed by atoms with Crippen LogP contribution in [0.2, 0.25) is 0 Å². The van der Waals surface area contributed by atoms with Crippen LogP contribution < -0.4 is 21.1 Å². The summed E-state index contributed by atoms with van der Waals surface area (Å²) in [7, 11) is 0. The molecule has 31 heavy (non-hydrogen) atoms. The van der Waals surface area contributed by atoms with Crippen molar-refractivity contribution >= 4 is 17.3 Å². The number of anilines is 2. The Bertz CT molecular complexity index is 1060. The van der Waals surface area contributed by atoms with Gasteiger partial charge in [-0.15, -0.1) is 0 Å². The Balaban J connectivity index is 1.57. The molecule has 3 aromatic carbocycles. The van der Waals surface area contributed by atoms with Gasteiger partial charge in [0.05, 0.1) is 18.6 Å². The molecule has 0 saturated carbocycles. The number of carbonyl (C=O) groups excluding carboxylic acids is 1. The minimum absolute atomic E-state index is 0.152. The Morgan fingerprint density at radius 1 is 0.968 bits per heavy atom. The fourth-order valence-corrected chi connectivity index (χ4v) is 4.21. The van der Waals surface area contributed by atoms with Crippen LogP contribution in [0, 0.1) is 5.92 Å². The fourth-order valence-electron chi connectivity index (χ4n) is 4.21. The third-order valence-electron chi connectivity index (χ3n) is 5.87. The van der Waals surface area contributed by atoms with Gasteiger partial charge in [0, 0.05) is 13.1 Å². The minimum Gasteiger partial charge on any atom is -0.466 e. The maximum atomic E-state index is 12.5. The maximum absolute atomic E-state index is 12.5. The van der Waals surface area contributed by atoms with Gasteiger partial charge < -0.3 is 15.0 Å². The molecule has 1 aliphatic heterocycles. The summed E-state index contributed by atoms with van der Waals surface area (Å²) in [6.45, 7) is 3.25. The monoisotopic (exact) mass is 418 g/mol. The molecule has 0 amide bonds. The minimum atomic E-state index is -0.487. The van der Waals surface area contributed by atoms with E-state index in [9.17, 15) is 14.4 Å². The van der Waals surface area contributed by atoms with Crippen molar-refractivity contribution in [2.45, 2.75) is 25.8 Å². The van der Waals surface area contributed by atoms with Gasteiger partial charge in [-0.1, -0.05) is 60.7 Å². The molecule has 0 atom stereocenters. The molecular formula is C25H26N2O4. The molecule has 0 unspecified atom stereocenters. The zero-order valence-corrected chi connectivity index (χ0v) is 17.5. The van der Waals surface area contributed by atoms with E-state index in [2.05, 4.69) is 5.32 Å². The topological polar surface area (TPSA) is 75.7 Å². The normalized spacial score (nSPS) is 14.7. The number of benzene rings is 2. The molecule has 1 aliphatic rings. The molecule has 4 rings (SSSR count). The van der Waals surface area contributed by atoms with Crippen molar-refractivity contribution in [2.75, 3.05) is 29.9 Å². The first-order valence-corrected chi connectivity index (χ1v) is 10.7. The van der Waals surface area contributed by atoms with Gasteiger partial charge in [0.1, 0.15) is 11.4 Å². The number of carbonyl (C=O) groups is 1. The molecule has 0 spiro atoms. The lowest BCUT2D eigenvalue weighted by atomic mass is 9.95. The first-order chi connectivity index (χ1) is 15.1. The summed E-state index contributed by atoms with van der Waals surface area (Å²) >= 11 is 0. The largest absolute Gasteiger partial charge is 0.466 e. The fraction of sp³-hybridized carbons (Fsp3) is 0.320. The van der Waals surface area contributed by atoms with Crippen molar-refractivity contribution in [1.29, 1.82) is 0 Å². The number of ether oxygens (including phenoxy) is 1. The van der Waals surface area contributed by atoms with Crippen LogP contribution in [0.4, 0.5) is 11.4 Å². The number of piperidine rings is 1. The predicted octanol–water partition coefficient (Wildman–Crippen LogP) is 3.26. The summed E-state index contributed by atoms with van der Waals surface area (Å²) in [6, 6.07) is 19.5. The number of esters is 1. The highest BCUT2D eigenvalue weighted by Gasteiger charge is 2.33. The van der Waals surface area contributed by atoms with E-state index in [4.69, 9.17) is 4.74 Å². The van der Waals surface area contributed by atoms with Crippen LogP contribution in [-0.4, -0.2) is 25.7 Å². The van der Waals surface area contributed by atoms with Crippen LogP contribution in [0.1, 0.15) is 36.9 Å². The first kappa shape index (κ1) is 20.8. The molecule has 160 valence electrons. The predicted molar refractivity (Wildman–Crippen MR) is 121 cm³/mol. The molecule has 0 aromatic heterocycles. The molecule has 1 heterocycles. The van der Waals surface area contributed by atoms with Gasteiger partial charge in [0.25, 0.3) is 10.9 Å². The van der Waals surface area contributed by atoms with E-state index in [0.717, 1.165) is 11.1 Å². The third kappa shape index (κ3) is 4.24. The van der Waals surface area contributed by atoms with Crippen molar-refractivity contribution in [2.24, 2.45) is 5.92 Å². The molecule has 6 nitrogen and oxygen atoms in total. The van der Waals surface area contributed by atoms with Gasteiger partial charge in [-0.2, -0.15) is 0 Å². The molecule has 0 aliphatic carbocycles. The zero-order valence-electron chi connectivity index (χ0n) is 17.5. The Hall–Kier alpha value is -3.41. The summed E-state index contributed by atoms with van der Waals surface area (Å²) in [6.07, 6.45) is 1.22. The number of hydrogen-bond donors (Lipinski definition) is 1. The van der Waals surface area contributed by atoms with Crippen LogP contribution in [0.25, 0.3) is 0 Å². The average Bonchev–Trinajstić information content (AvgIpc) is 2.82. The second kappa shape index (κ2) is 9.16. The summed E-state index contributed by atoms with van der Waals surface area (Å²) < 4.78 is 5.12. The summed E-state index contributed by atoms with van der Waals surface area (Å²) in [5.41, 5.74) is 1.86. The van der Waals surface area contributed by atoms with E-state index in [1.54, 1.807) is 6.92 Å². The molecule has 1 N–H and O–H groups in total. The van der Waals surface area contributed by atoms with Gasteiger partial charge in [-0.25, -0.2) is 0 Å². The SMILES string of the molecule is CCOC(=O)C1CCN(c2c(NC(c3ccccc3)c3ccccc3)c(=O)c2=O)CC1. The van der Waals surface area contributed by atoms with Gasteiger partial charge in [0.15, 0.2) is 0 Å². The van der Waals surface area contributed by atoms with E-state index in [1.807, 2.05) is 65.6 Å².